The summed E-state index contributed by atoms with van der Waals surface area (Å²) in [5, 5.41) is 0. The van der Waals surface area contributed by atoms with Crippen molar-refractivity contribution in [3.63, 3.8) is 0 Å². The fourth-order valence-electron chi connectivity index (χ4n) is 1.53. The number of hydrogen-bond acceptors (Lipinski definition) is 1. The number of nitrogens with zero attached hydrogens (tertiary/aromatic N) is 1. The second kappa shape index (κ2) is 3.60. The molecule has 0 spiro atoms. The van der Waals surface area contributed by atoms with Crippen molar-refractivity contribution in [1.29, 1.82) is 0 Å². The van der Waals surface area contributed by atoms with Gasteiger partial charge in [-0.15, -0.1) is 0 Å². The van der Waals surface area contributed by atoms with Gasteiger partial charge in [0.15, 0.2) is 0 Å². The van der Waals surface area contributed by atoms with E-state index in [-0.39, 0.29) is 0 Å². The van der Waals surface area contributed by atoms with Crippen LogP contribution in [0.5, 0.6) is 0 Å². The van der Waals surface area contributed by atoms with Crippen LogP contribution < -0.4 is 0 Å². The number of alkyl halides is 1. The Bertz CT molecular complexity index is 134. The van der Waals surface area contributed by atoms with Crippen molar-refractivity contribution in [1.82, 2.24) is 4.90 Å². The smallest absolute Gasteiger partial charge is 0.0234 e. The predicted octanol–water partition coefficient (Wildman–Crippen LogP) is 2.54. The van der Waals surface area contributed by atoms with Crippen LogP contribution in [0.15, 0.2) is 0 Å². The normalized spacial score (nSPS) is 37.4. The van der Waals surface area contributed by atoms with Crippen LogP contribution in [0.1, 0.15) is 26.7 Å². The molecule has 1 unspecified atom stereocenters. The number of halogens is 1. The first-order chi connectivity index (χ1) is 5.06. The van der Waals surface area contributed by atoms with Crippen molar-refractivity contribution in [3.8, 4) is 0 Å². The summed E-state index contributed by atoms with van der Waals surface area (Å²) in [4.78, 5) is 2.42. The van der Waals surface area contributed by atoms with Gasteiger partial charge in [-0.25, -0.2) is 0 Å². The zero-order chi connectivity index (χ0) is 8.48. The molecular weight excluding hydrogens is 249 g/mol. The maximum atomic E-state index is 2.61. The summed E-state index contributed by atoms with van der Waals surface area (Å²) in [6.07, 6.45) is 2.85. The molecule has 2 heteroatoms. The highest BCUT2D eigenvalue weighted by atomic mass is 127. The van der Waals surface area contributed by atoms with Crippen molar-refractivity contribution in [2.75, 3.05) is 20.1 Å². The van der Waals surface area contributed by atoms with Crippen LogP contribution in [-0.4, -0.2) is 28.5 Å². The summed E-state index contributed by atoms with van der Waals surface area (Å²) in [6, 6.07) is 0. The summed E-state index contributed by atoms with van der Waals surface area (Å²) >= 11 is 2.61. The standard InChI is InChI=1S/C9H18IN/c1-4-11(3)7-8-5-6-9(8,2)10/h8H,4-7H2,1-3H3/t8?,9-/m0/s1. The zero-order valence-electron chi connectivity index (χ0n) is 7.73. The molecule has 0 N–H and O–H groups in total. The van der Waals surface area contributed by atoms with Crippen molar-refractivity contribution < 1.29 is 0 Å². The van der Waals surface area contributed by atoms with E-state index in [9.17, 15) is 0 Å². The van der Waals surface area contributed by atoms with Crippen molar-refractivity contribution in [3.05, 3.63) is 0 Å². The molecule has 0 aromatic carbocycles. The summed E-state index contributed by atoms with van der Waals surface area (Å²) in [6.45, 7) is 7.08. The second-order valence-electron chi connectivity index (χ2n) is 3.87. The van der Waals surface area contributed by atoms with Crippen LogP contribution in [-0.2, 0) is 0 Å². The third-order valence-corrected chi connectivity index (χ3v) is 4.32. The van der Waals surface area contributed by atoms with Gasteiger partial charge in [0.1, 0.15) is 0 Å². The van der Waals surface area contributed by atoms with E-state index in [4.69, 9.17) is 0 Å². The maximum Gasteiger partial charge on any atom is 0.0234 e. The van der Waals surface area contributed by atoms with Gasteiger partial charge < -0.3 is 4.90 Å². The van der Waals surface area contributed by atoms with E-state index in [0.29, 0.717) is 3.42 Å². The van der Waals surface area contributed by atoms with E-state index in [1.165, 1.54) is 25.9 Å². The van der Waals surface area contributed by atoms with E-state index < -0.39 is 0 Å². The Balaban J connectivity index is 2.28. The Morgan fingerprint density at radius 2 is 2.27 bits per heavy atom. The summed E-state index contributed by atoms with van der Waals surface area (Å²) in [7, 11) is 2.21. The highest BCUT2D eigenvalue weighted by molar-refractivity contribution is 14.1. The van der Waals surface area contributed by atoms with Gasteiger partial charge in [-0.3, -0.25) is 0 Å². The van der Waals surface area contributed by atoms with E-state index in [2.05, 4.69) is 48.4 Å². The molecule has 0 saturated heterocycles. The molecule has 1 rings (SSSR count). The van der Waals surface area contributed by atoms with Gasteiger partial charge in [0, 0.05) is 9.97 Å². The predicted molar refractivity (Wildman–Crippen MR) is 58.3 cm³/mol. The monoisotopic (exact) mass is 267 g/mol. The largest absolute Gasteiger partial charge is 0.306 e. The molecule has 0 aliphatic heterocycles. The lowest BCUT2D eigenvalue weighted by Gasteiger charge is -2.44. The Morgan fingerprint density at radius 3 is 2.55 bits per heavy atom. The third-order valence-electron chi connectivity index (χ3n) is 2.90. The molecule has 0 heterocycles. The van der Waals surface area contributed by atoms with E-state index in [0.717, 1.165) is 5.92 Å². The zero-order valence-corrected chi connectivity index (χ0v) is 9.89. The molecule has 0 bridgehead atoms. The second-order valence-corrected chi connectivity index (χ2v) is 6.33. The molecule has 0 aromatic heterocycles. The van der Waals surface area contributed by atoms with Gasteiger partial charge in [-0.2, -0.15) is 0 Å². The average molecular weight is 267 g/mol. The van der Waals surface area contributed by atoms with Crippen LogP contribution in [0, 0.1) is 5.92 Å². The molecule has 1 aliphatic rings. The van der Waals surface area contributed by atoms with Gasteiger partial charge >= 0.3 is 0 Å². The third kappa shape index (κ3) is 2.31. The van der Waals surface area contributed by atoms with Gasteiger partial charge in [-0.05, 0) is 32.4 Å². The Labute approximate surface area is 83.7 Å². The minimum Gasteiger partial charge on any atom is -0.306 e. The van der Waals surface area contributed by atoms with Crippen LogP contribution in [0.3, 0.4) is 0 Å². The van der Waals surface area contributed by atoms with Crippen LogP contribution >= 0.6 is 22.6 Å². The molecule has 66 valence electrons. The summed E-state index contributed by atoms with van der Waals surface area (Å²) < 4.78 is 0.598. The molecule has 1 fully saturated rings. The number of hydrogen-bond donors (Lipinski definition) is 0. The quantitative estimate of drug-likeness (QED) is 0.561. The minimum atomic E-state index is 0.598. The van der Waals surface area contributed by atoms with E-state index in [1.54, 1.807) is 0 Å². The fraction of sp³-hybridized carbons (Fsp3) is 1.00. The van der Waals surface area contributed by atoms with Crippen LogP contribution in [0.4, 0.5) is 0 Å². The number of rotatable bonds is 3. The van der Waals surface area contributed by atoms with Gasteiger partial charge in [0.05, 0.1) is 0 Å². The first kappa shape index (κ1) is 9.78. The Kier molecular flexibility index (Phi) is 3.20. The molecule has 0 radical (unpaired) electrons. The van der Waals surface area contributed by atoms with E-state index in [1.807, 2.05) is 0 Å². The molecular formula is C9H18IN. The highest BCUT2D eigenvalue weighted by Gasteiger charge is 2.40. The molecule has 1 aliphatic carbocycles. The van der Waals surface area contributed by atoms with Gasteiger partial charge in [0.25, 0.3) is 0 Å². The molecule has 11 heavy (non-hydrogen) atoms. The van der Waals surface area contributed by atoms with Crippen molar-refractivity contribution >= 4 is 22.6 Å². The van der Waals surface area contributed by atoms with Crippen LogP contribution in [0.25, 0.3) is 0 Å². The van der Waals surface area contributed by atoms with Crippen LogP contribution in [0.2, 0.25) is 0 Å². The lowest BCUT2D eigenvalue weighted by Crippen LogP contribution is -2.44. The topological polar surface area (TPSA) is 3.24 Å². The Hall–Kier alpha value is 0.690. The van der Waals surface area contributed by atoms with Gasteiger partial charge in [0.2, 0.25) is 0 Å². The van der Waals surface area contributed by atoms with E-state index >= 15 is 0 Å². The summed E-state index contributed by atoms with van der Waals surface area (Å²) in [5.74, 6) is 0.938. The fourth-order valence-corrected chi connectivity index (χ4v) is 2.35. The molecule has 1 nitrogen and oxygen atoms in total. The first-order valence-corrected chi connectivity index (χ1v) is 5.51. The summed E-state index contributed by atoms with van der Waals surface area (Å²) in [5.41, 5.74) is 0. The molecule has 0 aromatic rings. The molecule has 0 amide bonds. The van der Waals surface area contributed by atoms with Crippen molar-refractivity contribution in [2.45, 2.75) is 30.1 Å². The van der Waals surface area contributed by atoms with Gasteiger partial charge in [-0.1, -0.05) is 36.4 Å². The Morgan fingerprint density at radius 1 is 1.64 bits per heavy atom. The maximum absolute atomic E-state index is 2.61. The highest BCUT2D eigenvalue weighted by Crippen LogP contribution is 2.45. The minimum absolute atomic E-state index is 0.598. The molecule has 1 saturated carbocycles. The molecule has 2 atom stereocenters. The van der Waals surface area contributed by atoms with Crippen molar-refractivity contribution in [2.24, 2.45) is 5.92 Å². The lowest BCUT2D eigenvalue weighted by molar-refractivity contribution is 0.177. The SMILES string of the molecule is CCN(C)CC1CC[C@]1(C)I. The lowest BCUT2D eigenvalue weighted by atomic mass is 9.74. The average Bonchev–Trinajstić information content (AvgIpc) is 1.98. The first-order valence-electron chi connectivity index (χ1n) is 4.43.